The van der Waals surface area contributed by atoms with Crippen LogP contribution in [0, 0.1) is 0 Å². The number of methoxy groups -OCH3 is 1. The minimum Gasteiger partial charge on any atom is -0.497 e. The lowest BCUT2D eigenvalue weighted by Crippen LogP contribution is -2.25. The van der Waals surface area contributed by atoms with Crippen LogP contribution in [0.1, 0.15) is 23.7 Å². The third kappa shape index (κ3) is 6.07. The van der Waals surface area contributed by atoms with Crippen molar-refractivity contribution < 1.29 is 27.5 Å². The monoisotopic (exact) mass is 406 g/mol. The molecule has 9 heteroatoms. The van der Waals surface area contributed by atoms with Crippen LogP contribution >= 0.6 is 0 Å². The molecule has 0 spiro atoms. The molecule has 150 valence electrons. The second kappa shape index (κ2) is 9.86. The van der Waals surface area contributed by atoms with Gasteiger partial charge in [0.05, 0.1) is 17.6 Å². The molecule has 0 bridgehead atoms. The van der Waals surface area contributed by atoms with E-state index < -0.39 is 28.5 Å². The average Bonchev–Trinajstić information content (AvgIpc) is 2.71. The Balaban J connectivity index is 1.95. The predicted octanol–water partition coefficient (Wildman–Crippen LogP) is 2.18. The molecule has 0 saturated carbocycles. The van der Waals surface area contributed by atoms with Crippen LogP contribution in [0.25, 0.3) is 0 Å². The van der Waals surface area contributed by atoms with E-state index in [1.165, 1.54) is 31.4 Å². The number of amides is 1. The third-order valence-corrected chi connectivity index (χ3v) is 5.09. The number of esters is 1. The number of hydrogen-bond donors (Lipinski definition) is 2. The number of carbonyl (C=O) groups is 2. The van der Waals surface area contributed by atoms with Crippen molar-refractivity contribution in [3.05, 3.63) is 54.1 Å². The molecule has 2 rings (SSSR count). The molecule has 0 aliphatic heterocycles. The second-order valence-electron chi connectivity index (χ2n) is 5.78. The summed E-state index contributed by atoms with van der Waals surface area (Å²) in [7, 11) is -2.17. The van der Waals surface area contributed by atoms with Crippen molar-refractivity contribution in [1.82, 2.24) is 4.72 Å². The fourth-order valence-corrected chi connectivity index (χ4v) is 3.38. The van der Waals surface area contributed by atoms with Crippen molar-refractivity contribution in [2.24, 2.45) is 0 Å². The van der Waals surface area contributed by atoms with Gasteiger partial charge in [-0.05, 0) is 48.9 Å². The minimum atomic E-state index is -3.70. The maximum absolute atomic E-state index is 12.1. The molecule has 0 aromatic heterocycles. The summed E-state index contributed by atoms with van der Waals surface area (Å²) in [6.45, 7) is 1.63. The van der Waals surface area contributed by atoms with Gasteiger partial charge in [-0.1, -0.05) is 13.0 Å². The van der Waals surface area contributed by atoms with E-state index in [1.807, 2.05) is 6.92 Å². The Bertz CT molecular complexity index is 926. The molecule has 8 nitrogen and oxygen atoms in total. The van der Waals surface area contributed by atoms with Gasteiger partial charge in [0.2, 0.25) is 10.0 Å². The number of hydrogen-bond acceptors (Lipinski definition) is 6. The number of ether oxygens (including phenoxy) is 2. The molecule has 2 aromatic carbocycles. The molecule has 0 heterocycles. The number of nitrogens with one attached hydrogen (secondary N) is 2. The molecule has 0 fully saturated rings. The van der Waals surface area contributed by atoms with Gasteiger partial charge < -0.3 is 14.8 Å². The van der Waals surface area contributed by atoms with Gasteiger partial charge in [0.25, 0.3) is 5.91 Å². The molecule has 1 amide bonds. The molecule has 0 aliphatic carbocycles. The molecular formula is C19H22N2O6S. The first-order chi connectivity index (χ1) is 13.4. The predicted molar refractivity (Wildman–Crippen MR) is 104 cm³/mol. The van der Waals surface area contributed by atoms with Crippen LogP contribution in [0.2, 0.25) is 0 Å². The molecule has 0 unspecified atom stereocenters. The summed E-state index contributed by atoms with van der Waals surface area (Å²) in [5.74, 6) is -0.669. The Kier molecular flexibility index (Phi) is 7.53. The summed E-state index contributed by atoms with van der Waals surface area (Å²) < 4.78 is 36.7. The molecule has 0 aliphatic rings. The van der Waals surface area contributed by atoms with E-state index in [1.54, 1.807) is 24.3 Å². The Morgan fingerprint density at radius 1 is 1.07 bits per heavy atom. The maximum Gasteiger partial charge on any atom is 0.338 e. The first kappa shape index (κ1) is 21.4. The molecular weight excluding hydrogens is 384 g/mol. The molecule has 2 N–H and O–H groups in total. The van der Waals surface area contributed by atoms with E-state index in [9.17, 15) is 18.0 Å². The largest absolute Gasteiger partial charge is 0.497 e. The topological polar surface area (TPSA) is 111 Å². The molecule has 28 heavy (non-hydrogen) atoms. The smallest absolute Gasteiger partial charge is 0.338 e. The van der Waals surface area contributed by atoms with Crippen LogP contribution in [-0.2, 0) is 19.6 Å². The minimum absolute atomic E-state index is 0.0385. The summed E-state index contributed by atoms with van der Waals surface area (Å²) in [5.41, 5.74) is 0.563. The molecule has 0 radical (unpaired) electrons. The van der Waals surface area contributed by atoms with Crippen LogP contribution in [-0.4, -0.2) is 40.6 Å². The standard InChI is InChI=1S/C19H22N2O6S/c1-3-11-20-28(24,25)17-6-4-5-14(12-17)19(23)27-13-18(22)21-15-7-9-16(26-2)10-8-15/h4-10,12,20H,3,11,13H2,1-2H3,(H,21,22). The quantitative estimate of drug-likeness (QED) is 0.618. The van der Waals surface area contributed by atoms with Crippen molar-refractivity contribution in [2.45, 2.75) is 18.2 Å². The van der Waals surface area contributed by atoms with Gasteiger partial charge in [0.15, 0.2) is 6.61 Å². The summed E-state index contributed by atoms with van der Waals surface area (Å²) in [4.78, 5) is 24.0. The molecule has 2 aromatic rings. The lowest BCUT2D eigenvalue weighted by molar-refractivity contribution is -0.119. The summed E-state index contributed by atoms with van der Waals surface area (Å²) >= 11 is 0. The number of rotatable bonds is 9. The third-order valence-electron chi connectivity index (χ3n) is 3.63. The van der Waals surface area contributed by atoms with Gasteiger partial charge in [-0.15, -0.1) is 0 Å². The Hall–Kier alpha value is -2.91. The lowest BCUT2D eigenvalue weighted by Gasteiger charge is -2.09. The van der Waals surface area contributed by atoms with Crippen molar-refractivity contribution in [3.63, 3.8) is 0 Å². The van der Waals surface area contributed by atoms with Gasteiger partial charge in [-0.2, -0.15) is 0 Å². The lowest BCUT2D eigenvalue weighted by atomic mass is 10.2. The molecule has 0 saturated heterocycles. The van der Waals surface area contributed by atoms with E-state index in [2.05, 4.69) is 10.0 Å². The zero-order chi connectivity index (χ0) is 20.6. The van der Waals surface area contributed by atoms with Crippen LogP contribution in [0.5, 0.6) is 5.75 Å². The summed E-state index contributed by atoms with van der Waals surface area (Å²) in [6.07, 6.45) is 0.643. The van der Waals surface area contributed by atoms with Gasteiger partial charge in [-0.3, -0.25) is 4.79 Å². The van der Waals surface area contributed by atoms with Crippen molar-refractivity contribution in [2.75, 3.05) is 25.6 Å². The van der Waals surface area contributed by atoms with Gasteiger partial charge >= 0.3 is 5.97 Å². The van der Waals surface area contributed by atoms with E-state index in [-0.39, 0.29) is 10.5 Å². The average molecular weight is 406 g/mol. The summed E-state index contributed by atoms with van der Waals surface area (Å²) in [6, 6.07) is 12.1. The Morgan fingerprint density at radius 2 is 1.79 bits per heavy atom. The second-order valence-corrected chi connectivity index (χ2v) is 7.55. The van der Waals surface area contributed by atoms with Crippen molar-refractivity contribution in [1.29, 1.82) is 0 Å². The number of sulfonamides is 1. The maximum atomic E-state index is 12.1. The van der Waals surface area contributed by atoms with E-state index in [4.69, 9.17) is 9.47 Å². The molecule has 0 atom stereocenters. The first-order valence-corrected chi connectivity index (χ1v) is 10.0. The highest BCUT2D eigenvalue weighted by Gasteiger charge is 2.17. The summed E-state index contributed by atoms with van der Waals surface area (Å²) in [5, 5.41) is 2.58. The highest BCUT2D eigenvalue weighted by atomic mass is 32.2. The van der Waals surface area contributed by atoms with Crippen molar-refractivity contribution >= 4 is 27.6 Å². The zero-order valence-electron chi connectivity index (χ0n) is 15.6. The number of carbonyl (C=O) groups excluding carboxylic acids is 2. The highest BCUT2D eigenvalue weighted by Crippen LogP contribution is 2.15. The fourth-order valence-electron chi connectivity index (χ4n) is 2.20. The van der Waals surface area contributed by atoms with E-state index in [0.29, 0.717) is 24.4 Å². The SMILES string of the molecule is CCCNS(=O)(=O)c1cccc(C(=O)OCC(=O)Nc2ccc(OC)cc2)c1. The normalized spacial score (nSPS) is 10.9. The first-order valence-electron chi connectivity index (χ1n) is 8.56. The highest BCUT2D eigenvalue weighted by molar-refractivity contribution is 7.89. The van der Waals surface area contributed by atoms with Crippen LogP contribution < -0.4 is 14.8 Å². The zero-order valence-corrected chi connectivity index (χ0v) is 16.4. The fraction of sp³-hybridized carbons (Fsp3) is 0.263. The van der Waals surface area contributed by atoms with Crippen LogP contribution in [0.15, 0.2) is 53.4 Å². The van der Waals surface area contributed by atoms with E-state index >= 15 is 0 Å². The Labute approximate surface area is 163 Å². The van der Waals surface area contributed by atoms with Crippen LogP contribution in [0.4, 0.5) is 5.69 Å². The Morgan fingerprint density at radius 3 is 2.43 bits per heavy atom. The van der Waals surface area contributed by atoms with E-state index in [0.717, 1.165) is 0 Å². The number of benzene rings is 2. The van der Waals surface area contributed by atoms with Gasteiger partial charge in [0, 0.05) is 12.2 Å². The number of anilines is 1. The van der Waals surface area contributed by atoms with Crippen molar-refractivity contribution in [3.8, 4) is 5.75 Å². The van der Waals surface area contributed by atoms with Crippen LogP contribution in [0.3, 0.4) is 0 Å². The van der Waals surface area contributed by atoms with Gasteiger partial charge in [0.1, 0.15) is 5.75 Å². The van der Waals surface area contributed by atoms with Gasteiger partial charge in [-0.25, -0.2) is 17.9 Å².